The molecule has 1 unspecified atom stereocenters. The van der Waals surface area contributed by atoms with E-state index in [4.69, 9.17) is 4.74 Å². The van der Waals surface area contributed by atoms with E-state index in [2.05, 4.69) is 26.6 Å². The number of nitrogens with one attached hydrogen (secondary N) is 2. The molecule has 1 heterocycles. The van der Waals surface area contributed by atoms with E-state index in [-0.39, 0.29) is 11.9 Å². The molecule has 3 rings (SSSR count). The molecule has 1 amide bonds. The van der Waals surface area contributed by atoms with E-state index in [1.54, 1.807) is 0 Å². The quantitative estimate of drug-likeness (QED) is 0.751. The van der Waals surface area contributed by atoms with E-state index in [1.807, 2.05) is 18.2 Å². The third-order valence-electron chi connectivity index (χ3n) is 3.71. The fraction of sp³-hybridized carbons (Fsp3) is 0.533. The van der Waals surface area contributed by atoms with Crippen LogP contribution >= 0.6 is 15.9 Å². The maximum absolute atomic E-state index is 11.9. The minimum atomic E-state index is -0.245. The first kappa shape index (κ1) is 14.0. The molecule has 0 spiro atoms. The summed E-state index contributed by atoms with van der Waals surface area (Å²) in [5.74, 6) is 0.838. The van der Waals surface area contributed by atoms with Gasteiger partial charge in [-0.1, -0.05) is 15.9 Å². The molecular formula is C15H19BrN2O2. The van der Waals surface area contributed by atoms with Crippen LogP contribution in [0.3, 0.4) is 0 Å². The van der Waals surface area contributed by atoms with Crippen LogP contribution in [0.25, 0.3) is 0 Å². The van der Waals surface area contributed by atoms with Crippen LogP contribution in [-0.2, 0) is 9.53 Å². The summed E-state index contributed by atoms with van der Waals surface area (Å²) in [5.41, 5.74) is 1.92. The molecule has 0 bridgehead atoms. The number of benzene rings is 1. The summed E-state index contributed by atoms with van der Waals surface area (Å²) < 4.78 is 6.58. The number of fused-ring (bicyclic) bond motifs is 1. The second kappa shape index (κ2) is 6.24. The number of hydrogen-bond donors (Lipinski definition) is 2. The predicted octanol–water partition coefficient (Wildman–Crippen LogP) is 2.85. The van der Waals surface area contributed by atoms with Gasteiger partial charge in [-0.05, 0) is 49.9 Å². The van der Waals surface area contributed by atoms with Gasteiger partial charge in [-0.3, -0.25) is 4.79 Å². The number of carbonyl (C=O) groups excluding carboxylic acids is 1. The topological polar surface area (TPSA) is 50.4 Å². The van der Waals surface area contributed by atoms with Gasteiger partial charge in [0.25, 0.3) is 0 Å². The number of carbonyl (C=O) groups is 1. The van der Waals surface area contributed by atoms with Gasteiger partial charge in [-0.2, -0.15) is 0 Å². The molecule has 1 aromatic carbocycles. The summed E-state index contributed by atoms with van der Waals surface area (Å²) in [6.07, 6.45) is 3.58. The summed E-state index contributed by atoms with van der Waals surface area (Å²) in [6, 6.07) is 5.62. The molecule has 5 heteroatoms. The maximum Gasteiger partial charge on any atom is 0.246 e. The van der Waals surface area contributed by atoms with Crippen LogP contribution in [0.15, 0.2) is 22.7 Å². The van der Waals surface area contributed by atoms with Crippen molar-refractivity contribution in [2.75, 3.05) is 25.1 Å². The van der Waals surface area contributed by atoms with Crippen molar-refractivity contribution in [3.63, 3.8) is 0 Å². The number of anilines is 1. The standard InChI is InChI=1S/C15H19BrN2O2/c16-11-4-5-13-12(8-11)14(15(19)18-13)17-6-1-7-20-9-10-2-3-10/h4-5,8,10,14,17H,1-3,6-7,9H2,(H,18,19). The molecule has 0 saturated heterocycles. The summed E-state index contributed by atoms with van der Waals surface area (Å²) in [5, 5.41) is 6.20. The van der Waals surface area contributed by atoms with E-state index in [1.165, 1.54) is 12.8 Å². The van der Waals surface area contributed by atoms with Crippen molar-refractivity contribution in [3.8, 4) is 0 Å². The Morgan fingerprint density at radius 2 is 2.25 bits per heavy atom. The Bertz CT molecular complexity index is 503. The Morgan fingerprint density at radius 3 is 3.05 bits per heavy atom. The van der Waals surface area contributed by atoms with Gasteiger partial charge in [0.15, 0.2) is 0 Å². The van der Waals surface area contributed by atoms with Crippen molar-refractivity contribution in [1.29, 1.82) is 0 Å². The zero-order chi connectivity index (χ0) is 13.9. The largest absolute Gasteiger partial charge is 0.381 e. The molecular weight excluding hydrogens is 320 g/mol. The van der Waals surface area contributed by atoms with Gasteiger partial charge < -0.3 is 15.4 Å². The molecule has 20 heavy (non-hydrogen) atoms. The second-order valence-corrected chi connectivity index (χ2v) is 6.40. The van der Waals surface area contributed by atoms with Crippen LogP contribution in [0.1, 0.15) is 30.9 Å². The fourth-order valence-electron chi connectivity index (χ4n) is 2.39. The Morgan fingerprint density at radius 1 is 1.40 bits per heavy atom. The molecule has 1 atom stereocenters. The van der Waals surface area contributed by atoms with Crippen LogP contribution in [-0.4, -0.2) is 25.7 Å². The number of ether oxygens (including phenoxy) is 1. The monoisotopic (exact) mass is 338 g/mol. The number of halogens is 1. The van der Waals surface area contributed by atoms with Gasteiger partial charge in [-0.15, -0.1) is 0 Å². The van der Waals surface area contributed by atoms with E-state index in [0.29, 0.717) is 0 Å². The van der Waals surface area contributed by atoms with Crippen LogP contribution in [0.5, 0.6) is 0 Å². The normalized spacial score (nSPS) is 20.9. The van der Waals surface area contributed by atoms with Gasteiger partial charge in [0.05, 0.1) is 0 Å². The SMILES string of the molecule is O=C1Nc2ccc(Br)cc2C1NCCCOCC1CC1. The molecule has 0 radical (unpaired) electrons. The lowest BCUT2D eigenvalue weighted by Gasteiger charge is -2.11. The molecule has 4 nitrogen and oxygen atoms in total. The lowest BCUT2D eigenvalue weighted by Crippen LogP contribution is -2.28. The third kappa shape index (κ3) is 3.40. The lowest BCUT2D eigenvalue weighted by molar-refractivity contribution is -0.117. The molecule has 1 aromatic rings. The summed E-state index contributed by atoms with van der Waals surface area (Å²) in [7, 11) is 0. The highest BCUT2D eigenvalue weighted by Gasteiger charge is 2.29. The van der Waals surface area contributed by atoms with Crippen molar-refractivity contribution >= 4 is 27.5 Å². The Balaban J connectivity index is 1.45. The average Bonchev–Trinajstić information content (AvgIpc) is 3.19. The van der Waals surface area contributed by atoms with E-state index < -0.39 is 0 Å². The van der Waals surface area contributed by atoms with E-state index in [0.717, 1.165) is 47.8 Å². The first-order valence-corrected chi connectivity index (χ1v) is 7.95. The lowest BCUT2D eigenvalue weighted by atomic mass is 10.1. The molecule has 1 aliphatic carbocycles. The third-order valence-corrected chi connectivity index (χ3v) is 4.20. The highest BCUT2D eigenvalue weighted by Crippen LogP contribution is 2.33. The molecule has 2 N–H and O–H groups in total. The fourth-order valence-corrected chi connectivity index (χ4v) is 2.77. The average molecular weight is 339 g/mol. The maximum atomic E-state index is 11.9. The highest BCUT2D eigenvalue weighted by molar-refractivity contribution is 9.10. The van der Waals surface area contributed by atoms with Crippen molar-refractivity contribution in [3.05, 3.63) is 28.2 Å². The number of hydrogen-bond acceptors (Lipinski definition) is 3. The van der Waals surface area contributed by atoms with Crippen molar-refractivity contribution in [1.82, 2.24) is 5.32 Å². The molecule has 1 aliphatic heterocycles. The van der Waals surface area contributed by atoms with Crippen LogP contribution in [0.4, 0.5) is 5.69 Å². The number of amides is 1. The zero-order valence-electron chi connectivity index (χ0n) is 11.3. The Labute approximate surface area is 127 Å². The van der Waals surface area contributed by atoms with Crippen molar-refractivity contribution < 1.29 is 9.53 Å². The molecule has 0 aromatic heterocycles. The van der Waals surface area contributed by atoms with Gasteiger partial charge >= 0.3 is 0 Å². The first-order valence-electron chi connectivity index (χ1n) is 7.15. The van der Waals surface area contributed by atoms with Gasteiger partial charge in [0, 0.05) is 28.9 Å². The summed E-state index contributed by atoms with van der Waals surface area (Å²) in [6.45, 7) is 2.46. The Kier molecular flexibility index (Phi) is 4.38. The number of rotatable bonds is 7. The zero-order valence-corrected chi connectivity index (χ0v) is 12.9. The molecule has 1 saturated carbocycles. The van der Waals surface area contributed by atoms with Crippen LogP contribution < -0.4 is 10.6 Å². The second-order valence-electron chi connectivity index (χ2n) is 5.48. The predicted molar refractivity (Wildman–Crippen MR) is 81.7 cm³/mol. The first-order chi connectivity index (χ1) is 9.74. The van der Waals surface area contributed by atoms with Gasteiger partial charge in [-0.25, -0.2) is 0 Å². The van der Waals surface area contributed by atoms with Gasteiger partial charge in [0.1, 0.15) is 6.04 Å². The van der Waals surface area contributed by atoms with E-state index in [9.17, 15) is 4.79 Å². The van der Waals surface area contributed by atoms with E-state index >= 15 is 0 Å². The highest BCUT2D eigenvalue weighted by atomic mass is 79.9. The van der Waals surface area contributed by atoms with Crippen LogP contribution in [0, 0.1) is 5.92 Å². The minimum Gasteiger partial charge on any atom is -0.381 e. The summed E-state index contributed by atoms with van der Waals surface area (Å²) >= 11 is 3.45. The minimum absolute atomic E-state index is 0.0250. The molecule has 1 fully saturated rings. The molecule has 2 aliphatic rings. The summed E-state index contributed by atoms with van der Waals surface area (Å²) in [4.78, 5) is 11.9. The van der Waals surface area contributed by atoms with Crippen molar-refractivity contribution in [2.24, 2.45) is 5.92 Å². The van der Waals surface area contributed by atoms with Crippen LogP contribution in [0.2, 0.25) is 0 Å². The van der Waals surface area contributed by atoms with Gasteiger partial charge in [0.2, 0.25) is 5.91 Å². The smallest absolute Gasteiger partial charge is 0.246 e. The molecule has 108 valence electrons. The van der Waals surface area contributed by atoms with Crippen molar-refractivity contribution in [2.45, 2.75) is 25.3 Å². The Hall–Kier alpha value is -0.910.